The van der Waals surface area contributed by atoms with Crippen LogP contribution in [-0.4, -0.2) is 48.2 Å². The van der Waals surface area contributed by atoms with Crippen molar-refractivity contribution in [2.45, 2.75) is 52.0 Å². The molecule has 2 aliphatic heterocycles. The van der Waals surface area contributed by atoms with E-state index < -0.39 is 0 Å². The fourth-order valence-corrected chi connectivity index (χ4v) is 4.71. The number of rotatable bonds is 6. The van der Waals surface area contributed by atoms with Crippen LogP contribution in [0.1, 0.15) is 45.1 Å². The normalized spacial score (nSPS) is 18.2. The van der Waals surface area contributed by atoms with Crippen molar-refractivity contribution in [3.05, 3.63) is 36.0 Å². The zero-order chi connectivity index (χ0) is 20.3. The molecule has 4 rings (SSSR count). The molecule has 6 nitrogen and oxygen atoms in total. The third kappa shape index (κ3) is 4.32. The molecular weight excluding hydrogens is 360 g/mol. The molecule has 0 bridgehead atoms. The Balaban J connectivity index is 1.44. The average Bonchev–Trinajstić information content (AvgIpc) is 3.19. The Labute approximate surface area is 174 Å². The number of hydrogen-bond acceptors (Lipinski definition) is 6. The molecule has 29 heavy (non-hydrogen) atoms. The number of nitrogens with one attached hydrogen (secondary N) is 2. The minimum absolute atomic E-state index is 0.371. The molecule has 1 aromatic carbocycles. The summed E-state index contributed by atoms with van der Waals surface area (Å²) in [6.07, 6.45) is 6.84. The van der Waals surface area contributed by atoms with Gasteiger partial charge in [-0.25, -0.2) is 4.98 Å². The van der Waals surface area contributed by atoms with Gasteiger partial charge in [0, 0.05) is 49.3 Å². The van der Waals surface area contributed by atoms with Crippen LogP contribution in [0, 0.1) is 6.92 Å². The summed E-state index contributed by atoms with van der Waals surface area (Å²) in [4.78, 5) is 14.0. The van der Waals surface area contributed by atoms with Crippen LogP contribution in [-0.2, 0) is 0 Å². The lowest BCUT2D eigenvalue weighted by atomic mass is 9.86. The van der Waals surface area contributed by atoms with Gasteiger partial charge in [-0.2, -0.15) is 4.98 Å². The predicted octanol–water partition coefficient (Wildman–Crippen LogP) is 4.10. The molecular formula is C23H34N6. The standard InChI is InChI=1S/C23H34N6/c1-4-28(5-2)19-7-8-20(18(3)17-19)26-21-9-14-24-22(27-21)29-15-11-23(12-16-29)10-6-13-25-23/h7-9,14,17,25H,4-6,10-13,15-16H2,1-3H3,(H,24,26,27). The van der Waals surface area contributed by atoms with Crippen LogP contribution in [0.15, 0.2) is 30.5 Å². The van der Waals surface area contributed by atoms with Gasteiger partial charge in [-0.3, -0.25) is 0 Å². The number of aryl methyl sites for hydroxylation is 1. The van der Waals surface area contributed by atoms with E-state index in [1.165, 1.54) is 43.5 Å². The molecule has 0 radical (unpaired) electrons. The van der Waals surface area contributed by atoms with E-state index in [0.29, 0.717) is 5.54 Å². The number of piperidine rings is 1. The van der Waals surface area contributed by atoms with Gasteiger partial charge in [0.25, 0.3) is 0 Å². The number of nitrogens with zero attached hydrogens (tertiary/aromatic N) is 4. The molecule has 2 saturated heterocycles. The molecule has 3 heterocycles. The van der Waals surface area contributed by atoms with E-state index in [1.807, 2.05) is 12.3 Å². The maximum absolute atomic E-state index is 4.81. The Bertz CT molecular complexity index is 816. The van der Waals surface area contributed by atoms with E-state index in [-0.39, 0.29) is 0 Å². The largest absolute Gasteiger partial charge is 0.372 e. The quantitative estimate of drug-likeness (QED) is 0.769. The summed E-state index contributed by atoms with van der Waals surface area (Å²) < 4.78 is 0. The lowest BCUT2D eigenvalue weighted by Gasteiger charge is -2.39. The lowest BCUT2D eigenvalue weighted by Crippen LogP contribution is -2.50. The van der Waals surface area contributed by atoms with Gasteiger partial charge in [-0.15, -0.1) is 0 Å². The monoisotopic (exact) mass is 394 g/mol. The van der Waals surface area contributed by atoms with Gasteiger partial charge in [-0.05, 0) is 82.8 Å². The lowest BCUT2D eigenvalue weighted by molar-refractivity contribution is 0.295. The Kier molecular flexibility index (Phi) is 5.90. The third-order valence-corrected chi connectivity index (χ3v) is 6.58. The Hall–Kier alpha value is -2.34. The molecule has 0 unspecified atom stereocenters. The van der Waals surface area contributed by atoms with Gasteiger partial charge in [0.15, 0.2) is 0 Å². The second kappa shape index (κ2) is 8.57. The van der Waals surface area contributed by atoms with Gasteiger partial charge >= 0.3 is 0 Å². The number of hydrogen-bond donors (Lipinski definition) is 2. The van der Waals surface area contributed by atoms with E-state index in [2.05, 4.69) is 64.4 Å². The Morgan fingerprint density at radius 1 is 1.14 bits per heavy atom. The molecule has 6 heteroatoms. The van der Waals surface area contributed by atoms with Crippen molar-refractivity contribution >= 4 is 23.1 Å². The molecule has 2 aromatic rings. The van der Waals surface area contributed by atoms with Crippen molar-refractivity contribution in [1.29, 1.82) is 0 Å². The fourth-order valence-electron chi connectivity index (χ4n) is 4.71. The second-order valence-electron chi connectivity index (χ2n) is 8.34. The van der Waals surface area contributed by atoms with Gasteiger partial charge < -0.3 is 20.4 Å². The summed E-state index contributed by atoms with van der Waals surface area (Å²) in [6, 6.07) is 8.53. The molecule has 1 aromatic heterocycles. The highest BCUT2D eigenvalue weighted by atomic mass is 15.3. The van der Waals surface area contributed by atoms with Gasteiger partial charge in [-0.1, -0.05) is 0 Å². The molecule has 2 aliphatic rings. The van der Waals surface area contributed by atoms with Crippen molar-refractivity contribution < 1.29 is 0 Å². The number of benzene rings is 1. The van der Waals surface area contributed by atoms with Crippen molar-refractivity contribution in [2.75, 3.05) is 47.8 Å². The van der Waals surface area contributed by atoms with Crippen LogP contribution >= 0.6 is 0 Å². The highest BCUT2D eigenvalue weighted by Gasteiger charge is 2.37. The second-order valence-corrected chi connectivity index (χ2v) is 8.34. The fraction of sp³-hybridized carbons (Fsp3) is 0.565. The van der Waals surface area contributed by atoms with Crippen LogP contribution in [0.5, 0.6) is 0 Å². The predicted molar refractivity (Wildman–Crippen MR) is 121 cm³/mol. The number of aromatic nitrogens is 2. The van der Waals surface area contributed by atoms with E-state index in [1.54, 1.807) is 0 Å². The molecule has 156 valence electrons. The van der Waals surface area contributed by atoms with Crippen molar-refractivity contribution in [1.82, 2.24) is 15.3 Å². The highest BCUT2D eigenvalue weighted by Crippen LogP contribution is 2.32. The molecule has 0 amide bonds. The molecule has 1 spiro atoms. The maximum atomic E-state index is 4.81. The zero-order valence-corrected chi connectivity index (χ0v) is 18.0. The van der Waals surface area contributed by atoms with E-state index in [9.17, 15) is 0 Å². The first-order valence-corrected chi connectivity index (χ1v) is 11.1. The highest BCUT2D eigenvalue weighted by molar-refractivity contribution is 5.65. The van der Waals surface area contributed by atoms with Crippen molar-refractivity contribution in [3.8, 4) is 0 Å². The first-order chi connectivity index (χ1) is 14.1. The summed E-state index contributed by atoms with van der Waals surface area (Å²) in [5.41, 5.74) is 3.96. The zero-order valence-electron chi connectivity index (χ0n) is 18.0. The van der Waals surface area contributed by atoms with Crippen LogP contribution in [0.2, 0.25) is 0 Å². The maximum Gasteiger partial charge on any atom is 0.227 e. The summed E-state index contributed by atoms with van der Waals surface area (Å²) in [5, 5.41) is 7.23. The first kappa shape index (κ1) is 20.0. The third-order valence-electron chi connectivity index (χ3n) is 6.58. The minimum atomic E-state index is 0.371. The van der Waals surface area contributed by atoms with E-state index in [0.717, 1.165) is 43.6 Å². The van der Waals surface area contributed by atoms with Crippen LogP contribution < -0.4 is 20.4 Å². The minimum Gasteiger partial charge on any atom is -0.372 e. The van der Waals surface area contributed by atoms with Crippen molar-refractivity contribution in [3.63, 3.8) is 0 Å². The number of anilines is 4. The van der Waals surface area contributed by atoms with Crippen LogP contribution in [0.4, 0.5) is 23.1 Å². The van der Waals surface area contributed by atoms with Gasteiger partial charge in [0.05, 0.1) is 0 Å². The molecule has 2 N–H and O–H groups in total. The Morgan fingerprint density at radius 3 is 2.59 bits per heavy atom. The van der Waals surface area contributed by atoms with Crippen LogP contribution in [0.25, 0.3) is 0 Å². The SMILES string of the molecule is CCN(CC)c1ccc(Nc2ccnc(N3CCC4(CCCN4)CC3)n2)c(C)c1. The summed E-state index contributed by atoms with van der Waals surface area (Å²) >= 11 is 0. The first-order valence-electron chi connectivity index (χ1n) is 11.1. The summed E-state index contributed by atoms with van der Waals surface area (Å²) in [6.45, 7) is 11.8. The van der Waals surface area contributed by atoms with E-state index in [4.69, 9.17) is 4.98 Å². The van der Waals surface area contributed by atoms with Crippen molar-refractivity contribution in [2.24, 2.45) is 0 Å². The molecule has 2 fully saturated rings. The summed E-state index contributed by atoms with van der Waals surface area (Å²) in [5.74, 6) is 1.69. The summed E-state index contributed by atoms with van der Waals surface area (Å²) in [7, 11) is 0. The topological polar surface area (TPSA) is 56.3 Å². The molecule has 0 saturated carbocycles. The molecule has 0 atom stereocenters. The average molecular weight is 395 g/mol. The van der Waals surface area contributed by atoms with Gasteiger partial charge in [0.2, 0.25) is 5.95 Å². The van der Waals surface area contributed by atoms with Crippen LogP contribution in [0.3, 0.4) is 0 Å². The van der Waals surface area contributed by atoms with Gasteiger partial charge in [0.1, 0.15) is 5.82 Å². The molecule has 0 aliphatic carbocycles. The smallest absolute Gasteiger partial charge is 0.227 e. The van der Waals surface area contributed by atoms with E-state index >= 15 is 0 Å². The Morgan fingerprint density at radius 2 is 1.93 bits per heavy atom.